The van der Waals surface area contributed by atoms with E-state index in [1.807, 2.05) is 19.2 Å². The first-order valence-corrected chi connectivity index (χ1v) is 7.09. The number of nitrogens with one attached hydrogen (secondary N) is 1. The molecule has 6 heteroatoms. The van der Waals surface area contributed by atoms with Crippen LogP contribution in [0, 0.1) is 0 Å². The van der Waals surface area contributed by atoms with Gasteiger partial charge in [0, 0.05) is 25.0 Å². The molecule has 1 saturated heterocycles. The van der Waals surface area contributed by atoms with Crippen molar-refractivity contribution < 1.29 is 9.53 Å². The average Bonchev–Trinajstić information content (AvgIpc) is 2.75. The molecule has 1 aromatic heterocycles. The van der Waals surface area contributed by atoms with Gasteiger partial charge in [0.25, 0.3) is 5.91 Å². The molecule has 1 aromatic rings. The van der Waals surface area contributed by atoms with Crippen LogP contribution in [0.25, 0.3) is 0 Å². The number of thiophene rings is 1. The van der Waals surface area contributed by atoms with Gasteiger partial charge in [-0.05, 0) is 28.1 Å². The van der Waals surface area contributed by atoms with Crippen LogP contribution in [0.1, 0.15) is 4.88 Å². The van der Waals surface area contributed by atoms with Gasteiger partial charge in [0.2, 0.25) is 0 Å². The van der Waals surface area contributed by atoms with E-state index in [0.717, 1.165) is 15.2 Å². The predicted octanol–water partition coefficient (Wildman–Crippen LogP) is 1.46. The Morgan fingerprint density at radius 3 is 3.12 bits per heavy atom. The van der Waals surface area contributed by atoms with E-state index in [-0.39, 0.29) is 12.0 Å². The van der Waals surface area contributed by atoms with Gasteiger partial charge in [0.05, 0.1) is 16.9 Å². The highest BCUT2D eigenvalue weighted by atomic mass is 79.9. The maximum atomic E-state index is 12.1. The quantitative estimate of drug-likeness (QED) is 0.917. The minimum Gasteiger partial charge on any atom is -0.366 e. The molecule has 4 nitrogen and oxygen atoms in total. The van der Waals surface area contributed by atoms with Gasteiger partial charge in [-0.3, -0.25) is 4.79 Å². The Balaban J connectivity index is 1.90. The number of hydrogen-bond acceptors (Lipinski definition) is 4. The van der Waals surface area contributed by atoms with Crippen molar-refractivity contribution in [2.75, 3.05) is 26.7 Å². The summed E-state index contributed by atoms with van der Waals surface area (Å²) in [6, 6.07) is 4.02. The molecule has 0 aromatic carbocycles. The highest BCUT2D eigenvalue weighted by Gasteiger charge is 2.24. The van der Waals surface area contributed by atoms with E-state index in [4.69, 9.17) is 4.74 Å². The summed E-state index contributed by atoms with van der Waals surface area (Å²) in [5.74, 6) is 0.0433. The minimum atomic E-state index is -0.336. The summed E-state index contributed by atoms with van der Waals surface area (Å²) < 4.78 is 6.53. The Labute approximate surface area is 113 Å². The minimum absolute atomic E-state index is 0.0433. The van der Waals surface area contributed by atoms with Crippen molar-refractivity contribution in [3.8, 4) is 0 Å². The number of morpholine rings is 1. The Bertz CT molecular complexity index is 391. The van der Waals surface area contributed by atoms with Crippen molar-refractivity contribution in [3.63, 3.8) is 0 Å². The van der Waals surface area contributed by atoms with Crippen LogP contribution in [0.3, 0.4) is 0 Å². The normalized spacial score (nSPS) is 20.2. The molecule has 0 bridgehead atoms. The first-order chi connectivity index (χ1) is 8.16. The summed E-state index contributed by atoms with van der Waals surface area (Å²) in [7, 11) is 1.81. The first-order valence-electron chi connectivity index (χ1n) is 5.48. The number of carbonyl (C=O) groups is 1. The molecule has 1 N–H and O–H groups in total. The Morgan fingerprint density at radius 2 is 2.53 bits per heavy atom. The lowest BCUT2D eigenvalue weighted by molar-refractivity contribution is -0.144. The van der Waals surface area contributed by atoms with Crippen LogP contribution in [0.5, 0.6) is 0 Å². The van der Waals surface area contributed by atoms with Crippen LogP contribution in [-0.4, -0.2) is 43.7 Å². The fraction of sp³-hybridized carbons (Fsp3) is 0.545. The van der Waals surface area contributed by atoms with Crippen molar-refractivity contribution in [3.05, 3.63) is 20.8 Å². The molecule has 1 atom stereocenters. The lowest BCUT2D eigenvalue weighted by Crippen LogP contribution is -2.48. The Hall–Kier alpha value is -0.430. The molecule has 1 aliphatic heterocycles. The highest BCUT2D eigenvalue weighted by molar-refractivity contribution is 9.11. The number of ether oxygens (including phenoxy) is 1. The second-order valence-corrected chi connectivity index (χ2v) is 6.51. The summed E-state index contributed by atoms with van der Waals surface area (Å²) in [6.45, 7) is 2.67. The Morgan fingerprint density at radius 1 is 1.71 bits per heavy atom. The molecule has 0 saturated carbocycles. The molecule has 1 unspecified atom stereocenters. The fourth-order valence-corrected chi connectivity index (χ4v) is 3.25. The lowest BCUT2D eigenvalue weighted by Gasteiger charge is -2.27. The van der Waals surface area contributed by atoms with Crippen LogP contribution in [-0.2, 0) is 16.1 Å². The van der Waals surface area contributed by atoms with Crippen molar-refractivity contribution in [1.82, 2.24) is 10.2 Å². The maximum absolute atomic E-state index is 12.1. The zero-order valence-electron chi connectivity index (χ0n) is 9.61. The molecule has 17 heavy (non-hydrogen) atoms. The smallest absolute Gasteiger partial charge is 0.253 e. The number of amides is 1. The number of hydrogen-bond donors (Lipinski definition) is 1. The van der Waals surface area contributed by atoms with Crippen molar-refractivity contribution in [2.45, 2.75) is 12.6 Å². The third kappa shape index (κ3) is 3.51. The van der Waals surface area contributed by atoms with Crippen molar-refractivity contribution >= 4 is 33.2 Å². The number of carbonyl (C=O) groups excluding carboxylic acids is 1. The fourth-order valence-electron chi connectivity index (χ4n) is 1.72. The Kier molecular flexibility index (Phi) is 4.55. The van der Waals surface area contributed by atoms with Gasteiger partial charge in [0.1, 0.15) is 6.10 Å². The second kappa shape index (κ2) is 5.95. The zero-order valence-corrected chi connectivity index (χ0v) is 12.0. The van der Waals surface area contributed by atoms with Gasteiger partial charge in [-0.25, -0.2) is 0 Å². The second-order valence-electron chi connectivity index (χ2n) is 3.96. The number of rotatable bonds is 3. The maximum Gasteiger partial charge on any atom is 0.253 e. The van der Waals surface area contributed by atoms with Gasteiger partial charge in [-0.15, -0.1) is 11.3 Å². The van der Waals surface area contributed by atoms with E-state index >= 15 is 0 Å². The van der Waals surface area contributed by atoms with E-state index in [2.05, 4.69) is 21.2 Å². The zero-order chi connectivity index (χ0) is 12.3. The molecule has 1 aliphatic rings. The average molecular weight is 319 g/mol. The lowest BCUT2D eigenvalue weighted by atomic mass is 10.2. The number of likely N-dealkylation sites (N-methyl/N-ethyl adjacent to an activating group) is 1. The van der Waals surface area contributed by atoms with Crippen LogP contribution in [0.15, 0.2) is 15.9 Å². The van der Waals surface area contributed by atoms with Crippen molar-refractivity contribution in [1.29, 1.82) is 0 Å². The molecule has 0 spiro atoms. The summed E-state index contributed by atoms with van der Waals surface area (Å²) in [6.07, 6.45) is -0.336. The van der Waals surface area contributed by atoms with E-state index in [9.17, 15) is 4.79 Å². The van der Waals surface area contributed by atoms with Crippen LogP contribution in [0.4, 0.5) is 0 Å². The van der Waals surface area contributed by atoms with Crippen LogP contribution < -0.4 is 5.32 Å². The monoisotopic (exact) mass is 318 g/mol. The summed E-state index contributed by atoms with van der Waals surface area (Å²) in [5.41, 5.74) is 0. The first kappa shape index (κ1) is 13.0. The molecule has 1 fully saturated rings. The van der Waals surface area contributed by atoms with E-state index in [0.29, 0.717) is 19.7 Å². The topological polar surface area (TPSA) is 41.6 Å². The molecular weight excluding hydrogens is 304 g/mol. The molecule has 2 heterocycles. The third-order valence-electron chi connectivity index (χ3n) is 2.60. The third-order valence-corrected chi connectivity index (χ3v) is 4.21. The summed E-state index contributed by atoms with van der Waals surface area (Å²) in [5, 5.41) is 3.16. The number of halogens is 1. The highest BCUT2D eigenvalue weighted by Crippen LogP contribution is 2.23. The standard InChI is InChI=1S/C11H15BrN2O2S/c1-14(7-8-2-3-10(12)17-8)11(15)9-6-13-4-5-16-9/h2-3,9,13H,4-7H2,1H3. The van der Waals surface area contributed by atoms with Crippen LogP contribution in [0.2, 0.25) is 0 Å². The molecular formula is C11H15BrN2O2S. The summed E-state index contributed by atoms with van der Waals surface area (Å²) in [4.78, 5) is 14.9. The van der Waals surface area contributed by atoms with Gasteiger partial charge < -0.3 is 15.0 Å². The van der Waals surface area contributed by atoms with E-state index in [1.54, 1.807) is 16.2 Å². The van der Waals surface area contributed by atoms with E-state index < -0.39 is 0 Å². The number of nitrogens with zero attached hydrogens (tertiary/aromatic N) is 1. The molecule has 1 amide bonds. The molecule has 0 radical (unpaired) electrons. The summed E-state index contributed by atoms with van der Waals surface area (Å²) >= 11 is 5.06. The van der Waals surface area contributed by atoms with Crippen LogP contribution >= 0.6 is 27.3 Å². The van der Waals surface area contributed by atoms with Gasteiger partial charge in [-0.2, -0.15) is 0 Å². The molecule has 0 aliphatic carbocycles. The van der Waals surface area contributed by atoms with Crippen molar-refractivity contribution in [2.24, 2.45) is 0 Å². The van der Waals surface area contributed by atoms with Gasteiger partial charge >= 0.3 is 0 Å². The predicted molar refractivity (Wildman–Crippen MR) is 71.1 cm³/mol. The SMILES string of the molecule is CN(Cc1ccc(Br)s1)C(=O)C1CNCCO1. The van der Waals surface area contributed by atoms with E-state index in [1.165, 1.54) is 0 Å². The van der Waals surface area contributed by atoms with Gasteiger partial charge in [0.15, 0.2) is 0 Å². The largest absolute Gasteiger partial charge is 0.366 e. The molecule has 94 valence electrons. The van der Waals surface area contributed by atoms with Gasteiger partial charge in [-0.1, -0.05) is 0 Å². The molecule has 2 rings (SSSR count).